The quantitative estimate of drug-likeness (QED) is 0.787. The van der Waals surface area contributed by atoms with E-state index in [-0.39, 0.29) is 11.7 Å². The highest BCUT2D eigenvalue weighted by Crippen LogP contribution is 2.17. The zero-order valence-electron chi connectivity index (χ0n) is 13.1. The number of benzene rings is 2. The van der Waals surface area contributed by atoms with E-state index in [1.807, 2.05) is 24.3 Å². The topological polar surface area (TPSA) is 50.4 Å². The third kappa shape index (κ3) is 5.62. The van der Waals surface area contributed by atoms with E-state index in [2.05, 4.69) is 10.6 Å². The number of rotatable bonds is 8. The summed E-state index contributed by atoms with van der Waals surface area (Å²) in [7, 11) is 1.63. The lowest BCUT2D eigenvalue weighted by Gasteiger charge is -2.10. The maximum Gasteiger partial charge on any atom is 0.221 e. The van der Waals surface area contributed by atoms with Gasteiger partial charge in [-0.2, -0.15) is 0 Å². The monoisotopic (exact) mass is 316 g/mol. The maximum absolute atomic E-state index is 13.0. The van der Waals surface area contributed by atoms with Gasteiger partial charge in [0.2, 0.25) is 5.91 Å². The van der Waals surface area contributed by atoms with E-state index in [9.17, 15) is 9.18 Å². The molecule has 122 valence electrons. The van der Waals surface area contributed by atoms with Gasteiger partial charge in [0.05, 0.1) is 7.11 Å². The van der Waals surface area contributed by atoms with Gasteiger partial charge in [-0.05, 0) is 36.2 Å². The second-order valence-electron chi connectivity index (χ2n) is 5.10. The Bertz CT molecular complexity index is 646. The third-order valence-electron chi connectivity index (χ3n) is 3.41. The van der Waals surface area contributed by atoms with Crippen molar-refractivity contribution in [1.29, 1.82) is 0 Å². The molecule has 0 radical (unpaired) electrons. The molecule has 2 N–H and O–H groups in total. The molecule has 0 unspecified atom stereocenters. The molecule has 0 saturated heterocycles. The minimum Gasteiger partial charge on any atom is -0.496 e. The number of ether oxygens (including phenoxy) is 1. The Hall–Kier alpha value is -2.56. The van der Waals surface area contributed by atoms with Crippen molar-refractivity contribution in [2.45, 2.75) is 12.8 Å². The Labute approximate surface area is 135 Å². The molecule has 2 aromatic carbocycles. The molecule has 0 aromatic heterocycles. The van der Waals surface area contributed by atoms with Crippen molar-refractivity contribution in [3.05, 3.63) is 59.9 Å². The van der Waals surface area contributed by atoms with Crippen LogP contribution in [0.5, 0.6) is 5.75 Å². The molecule has 0 spiro atoms. The Morgan fingerprint density at radius 2 is 1.96 bits per heavy atom. The fourth-order valence-corrected chi connectivity index (χ4v) is 2.25. The van der Waals surface area contributed by atoms with E-state index in [1.165, 1.54) is 12.1 Å². The molecule has 0 saturated carbocycles. The van der Waals surface area contributed by atoms with Crippen molar-refractivity contribution in [1.82, 2.24) is 5.32 Å². The maximum atomic E-state index is 13.0. The lowest BCUT2D eigenvalue weighted by Crippen LogP contribution is -2.27. The fraction of sp³-hybridized carbons (Fsp3) is 0.278. The van der Waals surface area contributed by atoms with Gasteiger partial charge in [-0.1, -0.05) is 24.3 Å². The molecule has 5 heteroatoms. The van der Waals surface area contributed by atoms with E-state index >= 15 is 0 Å². The normalized spacial score (nSPS) is 10.2. The third-order valence-corrected chi connectivity index (χ3v) is 3.41. The molecule has 0 aliphatic heterocycles. The number of hydrogen-bond acceptors (Lipinski definition) is 3. The molecular weight excluding hydrogens is 295 g/mol. The molecule has 0 bridgehead atoms. The van der Waals surface area contributed by atoms with Crippen LogP contribution in [0.3, 0.4) is 0 Å². The predicted octanol–water partition coefficient (Wildman–Crippen LogP) is 3.00. The first-order valence-electron chi connectivity index (χ1n) is 7.57. The highest BCUT2D eigenvalue weighted by atomic mass is 19.1. The summed E-state index contributed by atoms with van der Waals surface area (Å²) < 4.78 is 18.3. The van der Waals surface area contributed by atoms with Crippen LogP contribution >= 0.6 is 0 Å². The lowest BCUT2D eigenvalue weighted by atomic mass is 10.1. The Morgan fingerprint density at radius 3 is 2.74 bits per heavy atom. The van der Waals surface area contributed by atoms with Crippen LogP contribution in [-0.2, 0) is 11.2 Å². The molecule has 23 heavy (non-hydrogen) atoms. The van der Waals surface area contributed by atoms with Crippen LogP contribution < -0.4 is 15.4 Å². The smallest absolute Gasteiger partial charge is 0.221 e. The average Bonchev–Trinajstić information content (AvgIpc) is 2.55. The number of amides is 1. The Kier molecular flexibility index (Phi) is 6.41. The summed E-state index contributed by atoms with van der Waals surface area (Å²) in [5.41, 5.74) is 1.74. The van der Waals surface area contributed by atoms with Gasteiger partial charge in [0.25, 0.3) is 0 Å². The number of para-hydroxylation sites is 1. The van der Waals surface area contributed by atoms with Crippen molar-refractivity contribution in [2.24, 2.45) is 0 Å². The van der Waals surface area contributed by atoms with Crippen molar-refractivity contribution in [3.8, 4) is 5.75 Å². The summed E-state index contributed by atoms with van der Waals surface area (Å²) in [6.45, 7) is 1.02. The Balaban J connectivity index is 1.67. The molecule has 0 aliphatic carbocycles. The highest BCUT2D eigenvalue weighted by Gasteiger charge is 2.04. The first kappa shape index (κ1) is 16.8. The van der Waals surface area contributed by atoms with Gasteiger partial charge in [0, 0.05) is 25.2 Å². The molecule has 0 heterocycles. The van der Waals surface area contributed by atoms with E-state index in [4.69, 9.17) is 4.74 Å². The minimum atomic E-state index is -0.295. The van der Waals surface area contributed by atoms with Gasteiger partial charge in [0.1, 0.15) is 11.6 Å². The lowest BCUT2D eigenvalue weighted by molar-refractivity contribution is -0.120. The largest absolute Gasteiger partial charge is 0.496 e. The van der Waals surface area contributed by atoms with Gasteiger partial charge in [-0.25, -0.2) is 4.39 Å². The summed E-state index contributed by atoms with van der Waals surface area (Å²) in [6, 6.07) is 13.9. The van der Waals surface area contributed by atoms with Gasteiger partial charge >= 0.3 is 0 Å². The van der Waals surface area contributed by atoms with Crippen molar-refractivity contribution in [2.75, 3.05) is 25.5 Å². The highest BCUT2D eigenvalue weighted by molar-refractivity contribution is 5.76. The molecule has 4 nitrogen and oxygen atoms in total. The Morgan fingerprint density at radius 1 is 1.13 bits per heavy atom. The minimum absolute atomic E-state index is 0.0381. The number of nitrogens with one attached hydrogen (secondary N) is 2. The SMILES string of the molecule is COc1ccccc1CCNC(=O)CCNc1cccc(F)c1. The number of halogens is 1. The number of carbonyl (C=O) groups is 1. The van der Waals surface area contributed by atoms with Crippen LogP contribution in [0.2, 0.25) is 0 Å². The van der Waals surface area contributed by atoms with Gasteiger partial charge < -0.3 is 15.4 Å². The zero-order valence-corrected chi connectivity index (χ0v) is 13.1. The van der Waals surface area contributed by atoms with E-state index < -0.39 is 0 Å². The zero-order chi connectivity index (χ0) is 16.5. The van der Waals surface area contributed by atoms with E-state index in [0.29, 0.717) is 31.6 Å². The first-order chi connectivity index (χ1) is 11.2. The van der Waals surface area contributed by atoms with Crippen LogP contribution in [0, 0.1) is 5.82 Å². The van der Waals surface area contributed by atoms with E-state index in [1.54, 1.807) is 19.2 Å². The van der Waals surface area contributed by atoms with Crippen molar-refractivity contribution in [3.63, 3.8) is 0 Å². The number of anilines is 1. The second-order valence-corrected chi connectivity index (χ2v) is 5.10. The molecule has 0 atom stereocenters. The number of methoxy groups -OCH3 is 1. The van der Waals surface area contributed by atoms with Crippen LogP contribution in [0.25, 0.3) is 0 Å². The molecule has 0 fully saturated rings. The van der Waals surface area contributed by atoms with Crippen LogP contribution in [0.4, 0.5) is 10.1 Å². The van der Waals surface area contributed by atoms with Crippen molar-refractivity contribution < 1.29 is 13.9 Å². The molecule has 1 amide bonds. The summed E-state index contributed by atoms with van der Waals surface area (Å²) in [5, 5.41) is 5.89. The van der Waals surface area contributed by atoms with Crippen LogP contribution in [0.1, 0.15) is 12.0 Å². The molecule has 2 aromatic rings. The first-order valence-corrected chi connectivity index (χ1v) is 7.57. The van der Waals surface area contributed by atoms with Crippen LogP contribution in [0.15, 0.2) is 48.5 Å². The summed E-state index contributed by atoms with van der Waals surface area (Å²) in [5.74, 6) is 0.495. The van der Waals surface area contributed by atoms with Gasteiger partial charge in [0.15, 0.2) is 0 Å². The summed E-state index contributed by atoms with van der Waals surface area (Å²) in [6.07, 6.45) is 1.05. The molecular formula is C18H21FN2O2. The van der Waals surface area contributed by atoms with Gasteiger partial charge in [-0.15, -0.1) is 0 Å². The summed E-state index contributed by atoms with van der Waals surface area (Å²) in [4.78, 5) is 11.8. The fourth-order valence-electron chi connectivity index (χ4n) is 2.25. The number of carbonyl (C=O) groups excluding carboxylic acids is 1. The van der Waals surface area contributed by atoms with Crippen LogP contribution in [-0.4, -0.2) is 26.1 Å². The standard InChI is InChI=1S/C18H21FN2O2/c1-23-17-8-3-2-5-14(17)9-11-21-18(22)10-12-20-16-7-4-6-15(19)13-16/h2-8,13,20H,9-12H2,1H3,(H,21,22). The average molecular weight is 316 g/mol. The number of hydrogen-bond donors (Lipinski definition) is 2. The van der Waals surface area contributed by atoms with Gasteiger partial charge in [-0.3, -0.25) is 4.79 Å². The second kappa shape index (κ2) is 8.78. The predicted molar refractivity (Wildman–Crippen MR) is 89.2 cm³/mol. The summed E-state index contributed by atoms with van der Waals surface area (Å²) >= 11 is 0. The molecule has 2 rings (SSSR count). The molecule has 0 aliphatic rings. The van der Waals surface area contributed by atoms with Crippen molar-refractivity contribution >= 4 is 11.6 Å². The van der Waals surface area contributed by atoms with E-state index in [0.717, 1.165) is 11.3 Å².